The number of fused-ring (bicyclic) bond motifs is 1. The van der Waals surface area contributed by atoms with E-state index in [1.807, 2.05) is 0 Å². The summed E-state index contributed by atoms with van der Waals surface area (Å²) in [5, 5.41) is 2.49. The van der Waals surface area contributed by atoms with Gasteiger partial charge in [0.05, 0.1) is 5.69 Å². The summed E-state index contributed by atoms with van der Waals surface area (Å²) in [6.07, 6.45) is 2.31. The zero-order valence-corrected chi connectivity index (χ0v) is 18.4. The fraction of sp³-hybridized carbons (Fsp3) is 0.0968. The number of rotatable bonds is 6. The molecule has 0 spiro atoms. The van der Waals surface area contributed by atoms with Crippen LogP contribution < -0.4 is 4.90 Å². The van der Waals surface area contributed by atoms with Crippen molar-refractivity contribution in [3.05, 3.63) is 127 Å². The molecule has 0 atom stereocenters. The third-order valence-electron chi connectivity index (χ3n) is 5.97. The summed E-state index contributed by atoms with van der Waals surface area (Å²) in [7, 11) is 0. The van der Waals surface area contributed by atoms with Crippen LogP contribution in [-0.4, -0.2) is 0 Å². The zero-order valence-electron chi connectivity index (χ0n) is 18.4. The highest BCUT2D eigenvalue weighted by molar-refractivity contribution is 5.98. The van der Waals surface area contributed by atoms with Crippen LogP contribution in [0.15, 0.2) is 121 Å². The molecule has 0 amide bonds. The fourth-order valence-electron chi connectivity index (χ4n) is 4.36. The Morgan fingerprint density at radius 2 is 1.12 bits per heavy atom. The molecule has 1 heteroatoms. The summed E-state index contributed by atoms with van der Waals surface area (Å²) >= 11 is 0. The lowest BCUT2D eigenvalue weighted by atomic mass is 10.0. The Labute approximate surface area is 190 Å². The fourth-order valence-corrected chi connectivity index (χ4v) is 4.36. The summed E-state index contributed by atoms with van der Waals surface area (Å²) in [4.78, 5) is 2.34. The first-order chi connectivity index (χ1) is 15.8. The molecule has 0 heterocycles. The summed E-state index contributed by atoms with van der Waals surface area (Å²) < 4.78 is 0. The number of benzene rings is 5. The Hall–Kier alpha value is -3.84. The highest BCUT2D eigenvalue weighted by atomic mass is 15.1. The third-order valence-corrected chi connectivity index (χ3v) is 5.97. The van der Waals surface area contributed by atoms with Crippen molar-refractivity contribution in [3.8, 4) is 11.1 Å². The maximum absolute atomic E-state index is 2.34. The van der Waals surface area contributed by atoms with Crippen LogP contribution in [0.5, 0.6) is 0 Å². The van der Waals surface area contributed by atoms with Crippen molar-refractivity contribution in [1.29, 1.82) is 0 Å². The van der Waals surface area contributed by atoms with Crippen LogP contribution in [0.2, 0.25) is 0 Å². The van der Waals surface area contributed by atoms with E-state index in [1.165, 1.54) is 39.6 Å². The number of nitrogens with zero attached hydrogens (tertiary/aromatic N) is 1. The van der Waals surface area contributed by atoms with Gasteiger partial charge in [0.15, 0.2) is 0 Å². The molecule has 32 heavy (non-hydrogen) atoms. The molecule has 0 N–H and O–H groups in total. The van der Waals surface area contributed by atoms with E-state index in [4.69, 9.17) is 0 Å². The predicted molar refractivity (Wildman–Crippen MR) is 138 cm³/mol. The molecule has 156 valence electrons. The molecule has 0 unspecified atom stereocenters. The molecule has 5 aromatic carbocycles. The van der Waals surface area contributed by atoms with Crippen molar-refractivity contribution >= 4 is 27.8 Å². The minimum absolute atomic E-state index is 1.14. The van der Waals surface area contributed by atoms with Gasteiger partial charge in [0.2, 0.25) is 0 Å². The standard InChI is InChI=1S/C31H27N/c1-2-9-24-16-18-25(19-17-24)26-20-22-29(23-21-26)32(28-12-4-3-5-13-28)31-15-8-11-27-10-6-7-14-30(27)31/h3-8,10-23H,2,9H2,1H3. The Morgan fingerprint density at radius 3 is 1.84 bits per heavy atom. The van der Waals surface area contributed by atoms with Gasteiger partial charge in [-0.2, -0.15) is 0 Å². The number of anilines is 3. The second-order valence-corrected chi connectivity index (χ2v) is 8.16. The van der Waals surface area contributed by atoms with Crippen LogP contribution in [-0.2, 0) is 6.42 Å². The summed E-state index contributed by atoms with van der Waals surface area (Å²) in [5.41, 5.74) is 7.39. The minimum Gasteiger partial charge on any atom is -0.310 e. The first kappa shape index (κ1) is 20.1. The molecule has 0 bridgehead atoms. The number of hydrogen-bond donors (Lipinski definition) is 0. The maximum atomic E-state index is 2.34. The average molecular weight is 414 g/mol. The molecule has 0 aliphatic carbocycles. The molecule has 0 radical (unpaired) electrons. The van der Waals surface area contributed by atoms with Crippen molar-refractivity contribution in [2.45, 2.75) is 19.8 Å². The Balaban J connectivity index is 1.57. The number of hydrogen-bond acceptors (Lipinski definition) is 1. The van der Waals surface area contributed by atoms with Crippen LogP contribution in [0.4, 0.5) is 17.1 Å². The van der Waals surface area contributed by atoms with E-state index in [0.29, 0.717) is 0 Å². The van der Waals surface area contributed by atoms with E-state index >= 15 is 0 Å². The summed E-state index contributed by atoms with van der Waals surface area (Å²) in [5.74, 6) is 0. The highest BCUT2D eigenvalue weighted by Gasteiger charge is 2.15. The van der Waals surface area contributed by atoms with Gasteiger partial charge in [-0.3, -0.25) is 0 Å². The van der Waals surface area contributed by atoms with Gasteiger partial charge in [0.1, 0.15) is 0 Å². The predicted octanol–water partition coefficient (Wildman–Crippen LogP) is 8.93. The van der Waals surface area contributed by atoms with Crippen LogP contribution in [0.1, 0.15) is 18.9 Å². The number of para-hydroxylation sites is 1. The summed E-state index contributed by atoms with van der Waals surface area (Å²) in [6.45, 7) is 2.22. The first-order valence-electron chi connectivity index (χ1n) is 11.4. The lowest BCUT2D eigenvalue weighted by Gasteiger charge is -2.27. The molecule has 0 aliphatic rings. The van der Waals surface area contributed by atoms with E-state index < -0.39 is 0 Å². The van der Waals surface area contributed by atoms with Gasteiger partial charge in [0, 0.05) is 16.8 Å². The van der Waals surface area contributed by atoms with E-state index in [2.05, 4.69) is 133 Å². The Morgan fingerprint density at radius 1 is 0.531 bits per heavy atom. The van der Waals surface area contributed by atoms with Gasteiger partial charge in [0.25, 0.3) is 0 Å². The van der Waals surface area contributed by atoms with E-state index in [-0.39, 0.29) is 0 Å². The zero-order chi connectivity index (χ0) is 21.8. The van der Waals surface area contributed by atoms with Gasteiger partial charge < -0.3 is 4.90 Å². The molecule has 0 aliphatic heterocycles. The second kappa shape index (κ2) is 9.11. The van der Waals surface area contributed by atoms with Crippen LogP contribution in [0, 0.1) is 0 Å². The van der Waals surface area contributed by atoms with Crippen molar-refractivity contribution in [2.24, 2.45) is 0 Å². The second-order valence-electron chi connectivity index (χ2n) is 8.16. The molecular formula is C31H27N. The number of aryl methyl sites for hydroxylation is 1. The molecular weight excluding hydrogens is 386 g/mol. The molecule has 1 nitrogen and oxygen atoms in total. The molecule has 0 saturated carbocycles. The largest absolute Gasteiger partial charge is 0.310 e. The van der Waals surface area contributed by atoms with Crippen LogP contribution in [0.3, 0.4) is 0 Å². The van der Waals surface area contributed by atoms with E-state index in [0.717, 1.165) is 17.8 Å². The van der Waals surface area contributed by atoms with Crippen LogP contribution in [0.25, 0.3) is 21.9 Å². The molecule has 0 saturated heterocycles. The van der Waals surface area contributed by atoms with E-state index in [9.17, 15) is 0 Å². The average Bonchev–Trinajstić information content (AvgIpc) is 2.86. The molecule has 0 fully saturated rings. The molecule has 0 aromatic heterocycles. The topological polar surface area (TPSA) is 3.24 Å². The summed E-state index contributed by atoms with van der Waals surface area (Å²) in [6, 6.07) is 43.6. The lowest BCUT2D eigenvalue weighted by Crippen LogP contribution is -2.10. The van der Waals surface area contributed by atoms with Gasteiger partial charge in [-0.25, -0.2) is 0 Å². The van der Waals surface area contributed by atoms with Crippen molar-refractivity contribution in [1.82, 2.24) is 0 Å². The molecule has 5 aromatic rings. The van der Waals surface area contributed by atoms with Crippen molar-refractivity contribution in [2.75, 3.05) is 4.90 Å². The maximum Gasteiger partial charge on any atom is 0.0540 e. The van der Waals surface area contributed by atoms with Gasteiger partial charge >= 0.3 is 0 Å². The van der Waals surface area contributed by atoms with Crippen molar-refractivity contribution in [3.63, 3.8) is 0 Å². The quantitative estimate of drug-likeness (QED) is 0.268. The van der Waals surface area contributed by atoms with E-state index in [1.54, 1.807) is 0 Å². The lowest BCUT2D eigenvalue weighted by molar-refractivity contribution is 0.922. The highest BCUT2D eigenvalue weighted by Crippen LogP contribution is 2.39. The molecule has 5 rings (SSSR count). The van der Waals surface area contributed by atoms with Gasteiger partial charge in [-0.15, -0.1) is 0 Å². The van der Waals surface area contributed by atoms with Gasteiger partial charge in [-0.1, -0.05) is 104 Å². The van der Waals surface area contributed by atoms with Crippen LogP contribution >= 0.6 is 0 Å². The SMILES string of the molecule is CCCc1ccc(-c2ccc(N(c3ccccc3)c3cccc4ccccc34)cc2)cc1. The monoisotopic (exact) mass is 413 g/mol. The Bertz CT molecular complexity index is 1300. The van der Waals surface area contributed by atoms with Crippen molar-refractivity contribution < 1.29 is 0 Å². The first-order valence-corrected chi connectivity index (χ1v) is 11.4. The minimum atomic E-state index is 1.14. The Kier molecular flexibility index (Phi) is 5.72. The van der Waals surface area contributed by atoms with Gasteiger partial charge in [-0.05, 0) is 58.8 Å². The normalized spacial score (nSPS) is 10.9. The third kappa shape index (κ3) is 4.02. The smallest absolute Gasteiger partial charge is 0.0540 e.